The van der Waals surface area contributed by atoms with Crippen molar-refractivity contribution in [3.05, 3.63) is 35.4 Å². The van der Waals surface area contributed by atoms with Crippen molar-refractivity contribution in [2.45, 2.75) is 11.3 Å². The zero-order chi connectivity index (χ0) is 13.3. The first-order chi connectivity index (χ1) is 8.44. The molecule has 1 unspecified atom stereocenters. The fraction of sp³-hybridized carbons (Fsp3) is 0.273. The van der Waals surface area contributed by atoms with Gasteiger partial charge in [-0.25, -0.2) is 8.78 Å². The Morgan fingerprint density at radius 2 is 1.94 bits per heavy atom. The lowest BCUT2D eigenvalue weighted by atomic mass is 10.1. The highest BCUT2D eigenvalue weighted by Gasteiger charge is 2.51. The highest BCUT2D eigenvalue weighted by Crippen LogP contribution is 2.41. The number of benzene rings is 1. The van der Waals surface area contributed by atoms with Gasteiger partial charge in [0, 0.05) is 11.3 Å². The molecular formula is C11H10F2N2O2S. The van der Waals surface area contributed by atoms with E-state index < -0.39 is 34.7 Å². The molecule has 0 saturated carbocycles. The third kappa shape index (κ3) is 2.45. The van der Waals surface area contributed by atoms with Crippen molar-refractivity contribution in [2.24, 2.45) is 5.73 Å². The molecule has 0 radical (unpaired) electrons. The Labute approximate surface area is 106 Å². The second-order valence-corrected chi connectivity index (χ2v) is 5.18. The van der Waals surface area contributed by atoms with Gasteiger partial charge in [0.2, 0.25) is 5.91 Å². The standard InChI is InChI=1S/C11H10F2N2O2S/c12-7-2-1-3-8(13)6(7)4-9(16)15-11(5-18-11)10(14)17/h1-3H,4-5H2,(H2,14,17)(H,15,16). The van der Waals surface area contributed by atoms with Crippen LogP contribution < -0.4 is 11.1 Å². The number of primary amides is 1. The van der Waals surface area contributed by atoms with Crippen LogP contribution in [-0.2, 0) is 16.0 Å². The SMILES string of the molecule is NC(=O)C1(NC(=O)Cc2c(F)cccc2F)CS1. The van der Waals surface area contributed by atoms with Crippen LogP contribution in [0, 0.1) is 11.6 Å². The van der Waals surface area contributed by atoms with Crippen molar-refractivity contribution in [1.82, 2.24) is 5.32 Å². The Bertz CT molecular complexity index is 498. The van der Waals surface area contributed by atoms with Gasteiger partial charge in [-0.05, 0) is 12.1 Å². The Morgan fingerprint density at radius 1 is 1.39 bits per heavy atom. The van der Waals surface area contributed by atoms with Crippen LogP contribution in [0.4, 0.5) is 8.78 Å². The van der Waals surface area contributed by atoms with Crippen LogP contribution in [0.5, 0.6) is 0 Å². The number of hydrogen-bond donors (Lipinski definition) is 2. The van der Waals surface area contributed by atoms with Gasteiger partial charge in [-0.3, -0.25) is 9.59 Å². The molecule has 7 heteroatoms. The monoisotopic (exact) mass is 272 g/mol. The van der Waals surface area contributed by atoms with Crippen LogP contribution in [0.25, 0.3) is 0 Å². The first-order valence-electron chi connectivity index (χ1n) is 5.12. The first-order valence-corrected chi connectivity index (χ1v) is 6.11. The van der Waals surface area contributed by atoms with Crippen molar-refractivity contribution in [2.75, 3.05) is 5.75 Å². The van der Waals surface area contributed by atoms with E-state index >= 15 is 0 Å². The average Bonchev–Trinajstić information content (AvgIpc) is 3.05. The van der Waals surface area contributed by atoms with E-state index in [1.165, 1.54) is 17.8 Å². The molecule has 0 aliphatic carbocycles. The molecule has 1 aliphatic rings. The number of carbonyl (C=O) groups excluding carboxylic acids is 2. The van der Waals surface area contributed by atoms with Crippen LogP contribution >= 0.6 is 11.8 Å². The highest BCUT2D eigenvalue weighted by atomic mass is 32.2. The summed E-state index contributed by atoms with van der Waals surface area (Å²) >= 11 is 1.18. The number of halogens is 2. The number of amides is 2. The van der Waals surface area contributed by atoms with Crippen LogP contribution in [0.15, 0.2) is 18.2 Å². The van der Waals surface area contributed by atoms with Crippen molar-refractivity contribution >= 4 is 23.6 Å². The Hall–Kier alpha value is -1.63. The van der Waals surface area contributed by atoms with Gasteiger partial charge in [0.25, 0.3) is 5.91 Å². The maximum absolute atomic E-state index is 13.3. The lowest BCUT2D eigenvalue weighted by Crippen LogP contribution is -2.47. The van der Waals surface area contributed by atoms with Gasteiger partial charge in [0.15, 0.2) is 4.87 Å². The fourth-order valence-corrected chi connectivity index (χ4v) is 2.17. The van der Waals surface area contributed by atoms with Gasteiger partial charge in [-0.1, -0.05) is 6.07 Å². The molecule has 1 aromatic rings. The molecule has 0 aromatic heterocycles. The zero-order valence-electron chi connectivity index (χ0n) is 9.20. The van der Waals surface area contributed by atoms with Gasteiger partial charge < -0.3 is 11.1 Å². The Morgan fingerprint density at radius 3 is 2.39 bits per heavy atom. The summed E-state index contributed by atoms with van der Waals surface area (Å²) in [5, 5.41) is 2.39. The van der Waals surface area contributed by atoms with E-state index in [-0.39, 0.29) is 5.56 Å². The van der Waals surface area contributed by atoms with Crippen molar-refractivity contribution in [3.8, 4) is 0 Å². The number of nitrogens with one attached hydrogen (secondary N) is 1. The van der Waals surface area contributed by atoms with E-state index in [9.17, 15) is 18.4 Å². The molecule has 1 fully saturated rings. The summed E-state index contributed by atoms with van der Waals surface area (Å²) in [4.78, 5) is 21.6. The zero-order valence-corrected chi connectivity index (χ0v) is 10.0. The third-order valence-corrected chi connectivity index (χ3v) is 3.74. The Balaban J connectivity index is 2.06. The van der Waals surface area contributed by atoms with Gasteiger partial charge >= 0.3 is 0 Å². The minimum atomic E-state index is -1.10. The summed E-state index contributed by atoms with van der Waals surface area (Å²) in [6.07, 6.45) is -0.464. The lowest BCUT2D eigenvalue weighted by Gasteiger charge is -2.12. The number of nitrogens with two attached hydrogens (primary N) is 1. The van der Waals surface area contributed by atoms with E-state index in [0.29, 0.717) is 5.75 Å². The summed E-state index contributed by atoms with van der Waals surface area (Å²) < 4.78 is 26.6. The number of rotatable bonds is 4. The van der Waals surface area contributed by atoms with Crippen LogP contribution in [0.1, 0.15) is 5.56 Å². The molecule has 1 heterocycles. The highest BCUT2D eigenvalue weighted by molar-refractivity contribution is 8.08. The minimum absolute atomic E-state index is 0.319. The second kappa shape index (κ2) is 4.56. The quantitative estimate of drug-likeness (QED) is 0.786. The van der Waals surface area contributed by atoms with Crippen molar-refractivity contribution < 1.29 is 18.4 Å². The van der Waals surface area contributed by atoms with E-state index in [0.717, 1.165) is 12.1 Å². The molecule has 1 aromatic carbocycles. The summed E-state index contributed by atoms with van der Waals surface area (Å²) in [6, 6.07) is 3.36. The molecule has 2 amide bonds. The molecule has 1 aliphatic heterocycles. The number of hydrogen-bond acceptors (Lipinski definition) is 3. The molecule has 2 rings (SSSR count). The number of thioether (sulfide) groups is 1. The normalized spacial score (nSPS) is 21.4. The minimum Gasteiger partial charge on any atom is -0.367 e. The van der Waals surface area contributed by atoms with Crippen LogP contribution in [0.3, 0.4) is 0 Å². The molecule has 1 saturated heterocycles. The van der Waals surface area contributed by atoms with Crippen molar-refractivity contribution in [1.29, 1.82) is 0 Å². The molecular weight excluding hydrogens is 262 g/mol. The summed E-state index contributed by atoms with van der Waals surface area (Å²) in [6.45, 7) is 0. The molecule has 1 atom stereocenters. The maximum Gasteiger partial charge on any atom is 0.254 e. The third-order valence-electron chi connectivity index (χ3n) is 2.57. The van der Waals surface area contributed by atoms with E-state index in [1.807, 2.05) is 0 Å². The van der Waals surface area contributed by atoms with Crippen LogP contribution in [-0.4, -0.2) is 22.4 Å². The smallest absolute Gasteiger partial charge is 0.254 e. The summed E-state index contributed by atoms with van der Waals surface area (Å²) in [5.74, 6) is -2.49. The molecule has 96 valence electrons. The topological polar surface area (TPSA) is 72.2 Å². The number of carbonyl (C=O) groups is 2. The molecule has 18 heavy (non-hydrogen) atoms. The van der Waals surface area contributed by atoms with Gasteiger partial charge in [0.1, 0.15) is 11.6 Å². The summed E-state index contributed by atoms with van der Waals surface area (Å²) in [5.41, 5.74) is 4.79. The van der Waals surface area contributed by atoms with Gasteiger partial charge in [0.05, 0.1) is 6.42 Å². The van der Waals surface area contributed by atoms with E-state index in [2.05, 4.69) is 5.32 Å². The fourth-order valence-electron chi connectivity index (χ4n) is 1.48. The van der Waals surface area contributed by atoms with E-state index in [4.69, 9.17) is 5.73 Å². The molecule has 0 spiro atoms. The summed E-state index contributed by atoms with van der Waals surface area (Å²) in [7, 11) is 0. The largest absolute Gasteiger partial charge is 0.367 e. The second-order valence-electron chi connectivity index (χ2n) is 3.91. The predicted octanol–water partition coefficient (Wildman–Crippen LogP) is 0.552. The van der Waals surface area contributed by atoms with E-state index in [1.54, 1.807) is 0 Å². The van der Waals surface area contributed by atoms with Gasteiger partial charge in [-0.2, -0.15) is 0 Å². The van der Waals surface area contributed by atoms with Gasteiger partial charge in [-0.15, -0.1) is 11.8 Å². The Kier molecular flexibility index (Phi) is 3.25. The lowest BCUT2D eigenvalue weighted by molar-refractivity contribution is -0.126. The molecule has 4 nitrogen and oxygen atoms in total. The average molecular weight is 272 g/mol. The maximum atomic E-state index is 13.3. The molecule has 0 bridgehead atoms. The predicted molar refractivity (Wildman–Crippen MR) is 62.6 cm³/mol. The first kappa shape index (κ1) is 12.8. The molecule has 3 N–H and O–H groups in total. The van der Waals surface area contributed by atoms with Crippen LogP contribution in [0.2, 0.25) is 0 Å². The van der Waals surface area contributed by atoms with Crippen molar-refractivity contribution in [3.63, 3.8) is 0 Å².